The normalized spacial score (nSPS) is 10.0. The summed E-state index contributed by atoms with van der Waals surface area (Å²) >= 11 is 0. The van der Waals surface area contributed by atoms with Crippen LogP contribution in [0.15, 0.2) is 36.9 Å². The highest BCUT2D eigenvalue weighted by atomic mass is 16.5. The molecule has 0 aromatic heterocycles. The molecule has 19 heavy (non-hydrogen) atoms. The quantitative estimate of drug-likeness (QED) is 0.574. The number of carbonyl (C=O) groups is 1. The first-order chi connectivity index (χ1) is 9.15. The predicted molar refractivity (Wildman–Crippen MR) is 77.2 cm³/mol. The van der Waals surface area contributed by atoms with Gasteiger partial charge in [-0.25, -0.2) is 0 Å². The molecule has 0 bridgehead atoms. The SMILES string of the molecule is C=CCOc1ccccc1CNCCC(=O)N(C)C. The van der Waals surface area contributed by atoms with Gasteiger partial charge in [0.25, 0.3) is 0 Å². The zero-order valence-electron chi connectivity index (χ0n) is 11.7. The monoisotopic (exact) mass is 262 g/mol. The van der Waals surface area contributed by atoms with Crippen LogP contribution < -0.4 is 10.1 Å². The summed E-state index contributed by atoms with van der Waals surface area (Å²) in [6.45, 7) is 5.48. The second-order valence-corrected chi connectivity index (χ2v) is 4.42. The third-order valence-electron chi connectivity index (χ3n) is 2.66. The van der Waals surface area contributed by atoms with Crippen LogP contribution in [0.4, 0.5) is 0 Å². The van der Waals surface area contributed by atoms with E-state index in [0.29, 0.717) is 26.1 Å². The van der Waals surface area contributed by atoms with E-state index in [2.05, 4.69) is 11.9 Å². The molecule has 0 aliphatic rings. The maximum atomic E-state index is 11.4. The fraction of sp³-hybridized carbons (Fsp3) is 0.400. The number of hydrogen-bond acceptors (Lipinski definition) is 3. The van der Waals surface area contributed by atoms with Crippen molar-refractivity contribution in [2.75, 3.05) is 27.2 Å². The molecule has 4 heteroatoms. The molecular weight excluding hydrogens is 240 g/mol. The van der Waals surface area contributed by atoms with E-state index in [9.17, 15) is 4.79 Å². The smallest absolute Gasteiger partial charge is 0.223 e. The topological polar surface area (TPSA) is 41.6 Å². The summed E-state index contributed by atoms with van der Waals surface area (Å²) in [6.07, 6.45) is 2.22. The molecule has 0 saturated heterocycles. The zero-order chi connectivity index (χ0) is 14.1. The standard InChI is InChI=1S/C15H22N2O2/c1-4-11-19-14-8-6-5-7-13(14)12-16-10-9-15(18)17(2)3/h4-8,16H,1,9-12H2,2-3H3. The Kier molecular flexibility index (Phi) is 6.68. The van der Waals surface area contributed by atoms with Gasteiger partial charge in [0.1, 0.15) is 12.4 Å². The minimum Gasteiger partial charge on any atom is -0.489 e. The summed E-state index contributed by atoms with van der Waals surface area (Å²) in [4.78, 5) is 13.0. The van der Waals surface area contributed by atoms with Crippen LogP contribution in [0.25, 0.3) is 0 Å². The highest BCUT2D eigenvalue weighted by Gasteiger charge is 2.04. The van der Waals surface area contributed by atoms with E-state index < -0.39 is 0 Å². The molecule has 1 aromatic rings. The van der Waals surface area contributed by atoms with Crippen LogP contribution >= 0.6 is 0 Å². The number of para-hydroxylation sites is 1. The Hall–Kier alpha value is -1.81. The molecule has 0 aliphatic heterocycles. The maximum Gasteiger partial charge on any atom is 0.223 e. The summed E-state index contributed by atoms with van der Waals surface area (Å²) < 4.78 is 5.57. The first kappa shape index (κ1) is 15.2. The zero-order valence-corrected chi connectivity index (χ0v) is 11.7. The third kappa shape index (κ3) is 5.57. The molecule has 1 rings (SSSR count). The Balaban J connectivity index is 2.40. The van der Waals surface area contributed by atoms with Crippen molar-refractivity contribution in [2.45, 2.75) is 13.0 Å². The summed E-state index contributed by atoms with van der Waals surface area (Å²) in [5.41, 5.74) is 1.08. The molecule has 0 fully saturated rings. The molecule has 0 heterocycles. The predicted octanol–water partition coefficient (Wildman–Crippen LogP) is 1.82. The minimum atomic E-state index is 0.128. The summed E-state index contributed by atoms with van der Waals surface area (Å²) in [6, 6.07) is 7.87. The third-order valence-corrected chi connectivity index (χ3v) is 2.66. The van der Waals surface area contributed by atoms with E-state index in [1.165, 1.54) is 0 Å². The largest absolute Gasteiger partial charge is 0.489 e. The molecule has 0 unspecified atom stereocenters. The van der Waals surface area contributed by atoms with Gasteiger partial charge in [0, 0.05) is 39.2 Å². The van der Waals surface area contributed by atoms with Crippen LogP contribution in [0.5, 0.6) is 5.75 Å². The van der Waals surface area contributed by atoms with Crippen molar-refractivity contribution in [1.29, 1.82) is 0 Å². The number of rotatable bonds is 8. The van der Waals surface area contributed by atoms with Crippen LogP contribution in [-0.2, 0) is 11.3 Å². The number of amides is 1. The lowest BCUT2D eigenvalue weighted by atomic mass is 10.2. The van der Waals surface area contributed by atoms with Gasteiger partial charge in [-0.2, -0.15) is 0 Å². The molecule has 0 radical (unpaired) electrons. The van der Waals surface area contributed by atoms with Gasteiger partial charge in [0.05, 0.1) is 0 Å². The van der Waals surface area contributed by atoms with E-state index in [-0.39, 0.29) is 5.91 Å². The molecule has 0 saturated carbocycles. The number of nitrogens with one attached hydrogen (secondary N) is 1. The minimum absolute atomic E-state index is 0.128. The number of benzene rings is 1. The second-order valence-electron chi connectivity index (χ2n) is 4.42. The van der Waals surface area contributed by atoms with E-state index in [1.54, 1.807) is 25.1 Å². The van der Waals surface area contributed by atoms with Crippen molar-refractivity contribution in [1.82, 2.24) is 10.2 Å². The molecule has 4 nitrogen and oxygen atoms in total. The summed E-state index contributed by atoms with van der Waals surface area (Å²) in [7, 11) is 3.53. The Morgan fingerprint density at radius 2 is 2.16 bits per heavy atom. The van der Waals surface area contributed by atoms with Crippen molar-refractivity contribution in [3.63, 3.8) is 0 Å². The van der Waals surface area contributed by atoms with Crippen LogP contribution in [0.1, 0.15) is 12.0 Å². The second kappa shape index (κ2) is 8.32. The van der Waals surface area contributed by atoms with Crippen molar-refractivity contribution < 1.29 is 9.53 Å². The van der Waals surface area contributed by atoms with E-state index in [0.717, 1.165) is 11.3 Å². The Morgan fingerprint density at radius 1 is 1.42 bits per heavy atom. The Labute approximate surface area is 115 Å². The fourth-order valence-corrected chi connectivity index (χ4v) is 1.58. The van der Waals surface area contributed by atoms with Crippen LogP contribution in [0.2, 0.25) is 0 Å². The van der Waals surface area contributed by atoms with Gasteiger partial charge in [-0.1, -0.05) is 30.9 Å². The Bertz CT molecular complexity index is 416. The lowest BCUT2D eigenvalue weighted by molar-refractivity contribution is -0.128. The number of ether oxygens (including phenoxy) is 1. The van der Waals surface area contributed by atoms with Gasteiger partial charge < -0.3 is 15.0 Å². The molecule has 1 aromatic carbocycles. The van der Waals surface area contributed by atoms with Gasteiger partial charge in [0.15, 0.2) is 0 Å². The summed E-state index contributed by atoms with van der Waals surface area (Å²) in [5, 5.41) is 3.25. The van der Waals surface area contributed by atoms with Gasteiger partial charge in [-0.3, -0.25) is 4.79 Å². The first-order valence-corrected chi connectivity index (χ1v) is 6.37. The van der Waals surface area contributed by atoms with E-state index >= 15 is 0 Å². The molecule has 104 valence electrons. The fourth-order valence-electron chi connectivity index (χ4n) is 1.58. The summed E-state index contributed by atoms with van der Waals surface area (Å²) in [5.74, 6) is 0.984. The first-order valence-electron chi connectivity index (χ1n) is 6.37. The number of nitrogens with zero attached hydrogens (tertiary/aromatic N) is 1. The average molecular weight is 262 g/mol. The molecule has 0 atom stereocenters. The van der Waals surface area contributed by atoms with Crippen molar-refractivity contribution >= 4 is 5.91 Å². The lowest BCUT2D eigenvalue weighted by Crippen LogP contribution is -2.26. The van der Waals surface area contributed by atoms with E-state index in [4.69, 9.17) is 4.74 Å². The van der Waals surface area contributed by atoms with Crippen molar-refractivity contribution in [3.05, 3.63) is 42.5 Å². The Morgan fingerprint density at radius 3 is 2.84 bits per heavy atom. The van der Waals surface area contributed by atoms with Crippen LogP contribution in [-0.4, -0.2) is 38.1 Å². The molecule has 1 amide bonds. The molecule has 0 aliphatic carbocycles. The van der Waals surface area contributed by atoms with Crippen molar-refractivity contribution in [3.8, 4) is 5.75 Å². The number of carbonyl (C=O) groups excluding carboxylic acids is 1. The van der Waals surface area contributed by atoms with Gasteiger partial charge >= 0.3 is 0 Å². The number of hydrogen-bond donors (Lipinski definition) is 1. The lowest BCUT2D eigenvalue weighted by Gasteiger charge is -2.12. The van der Waals surface area contributed by atoms with E-state index in [1.807, 2.05) is 24.3 Å². The van der Waals surface area contributed by atoms with Crippen LogP contribution in [0.3, 0.4) is 0 Å². The highest BCUT2D eigenvalue weighted by Crippen LogP contribution is 2.17. The van der Waals surface area contributed by atoms with Gasteiger partial charge in [-0.05, 0) is 6.07 Å². The van der Waals surface area contributed by atoms with Gasteiger partial charge in [-0.15, -0.1) is 0 Å². The average Bonchev–Trinajstić information content (AvgIpc) is 2.42. The van der Waals surface area contributed by atoms with Crippen LogP contribution in [0, 0.1) is 0 Å². The molecular formula is C15H22N2O2. The molecule has 1 N–H and O–H groups in total. The highest BCUT2D eigenvalue weighted by molar-refractivity contribution is 5.75. The maximum absolute atomic E-state index is 11.4. The van der Waals surface area contributed by atoms with Gasteiger partial charge in [0.2, 0.25) is 5.91 Å². The van der Waals surface area contributed by atoms with Crippen molar-refractivity contribution in [2.24, 2.45) is 0 Å². The molecule has 0 spiro atoms.